The summed E-state index contributed by atoms with van der Waals surface area (Å²) in [7, 11) is 2.29. The Morgan fingerprint density at radius 2 is 1.74 bits per heavy atom. The van der Waals surface area contributed by atoms with Crippen LogP contribution in [-0.4, -0.2) is 48.8 Å². The van der Waals surface area contributed by atoms with Crippen LogP contribution in [0.3, 0.4) is 0 Å². The monoisotopic (exact) mass is 270 g/mol. The maximum Gasteiger partial charge on any atom is 0.0431 e. The van der Waals surface area contributed by atoms with E-state index in [-0.39, 0.29) is 0 Å². The quantitative estimate of drug-likeness (QED) is 0.599. The molecule has 2 N–H and O–H groups in total. The number of hydrogen-bond donors (Lipinski definition) is 2. The highest BCUT2D eigenvalue weighted by Gasteiger charge is 2.22. The van der Waals surface area contributed by atoms with Crippen LogP contribution >= 0.6 is 0 Å². The van der Waals surface area contributed by atoms with E-state index in [9.17, 15) is 0 Å². The lowest BCUT2D eigenvalue weighted by Crippen LogP contribution is -2.41. The summed E-state index contributed by atoms with van der Waals surface area (Å²) < 4.78 is 0. The van der Waals surface area contributed by atoms with Crippen LogP contribution in [0.15, 0.2) is 0 Å². The average molecular weight is 270 g/mol. The number of rotatable bonds is 10. The molecule has 0 heterocycles. The van der Waals surface area contributed by atoms with Gasteiger partial charge in [0, 0.05) is 18.7 Å². The van der Waals surface area contributed by atoms with Crippen LogP contribution in [-0.2, 0) is 0 Å². The molecule has 0 amide bonds. The van der Waals surface area contributed by atoms with E-state index in [0.29, 0.717) is 6.61 Å². The van der Waals surface area contributed by atoms with E-state index in [0.717, 1.165) is 18.5 Å². The topological polar surface area (TPSA) is 35.5 Å². The van der Waals surface area contributed by atoms with Crippen molar-refractivity contribution in [2.24, 2.45) is 0 Å². The van der Waals surface area contributed by atoms with E-state index in [1.165, 1.54) is 64.5 Å². The van der Waals surface area contributed by atoms with Crippen molar-refractivity contribution in [2.45, 2.75) is 76.8 Å². The minimum atomic E-state index is 0.352. The molecule has 0 radical (unpaired) electrons. The van der Waals surface area contributed by atoms with Gasteiger partial charge in [0.05, 0.1) is 0 Å². The van der Waals surface area contributed by atoms with Gasteiger partial charge in [-0.15, -0.1) is 0 Å². The van der Waals surface area contributed by atoms with Gasteiger partial charge in [-0.05, 0) is 65.1 Å². The van der Waals surface area contributed by atoms with E-state index < -0.39 is 0 Å². The van der Waals surface area contributed by atoms with Crippen LogP contribution in [0.25, 0.3) is 0 Å². The zero-order valence-electron chi connectivity index (χ0n) is 13.0. The number of hydrogen-bond acceptors (Lipinski definition) is 3. The maximum absolute atomic E-state index is 8.75. The number of aliphatic hydroxyl groups is 1. The normalized spacial score (nSPS) is 24.0. The van der Waals surface area contributed by atoms with Gasteiger partial charge in [0.15, 0.2) is 0 Å². The maximum atomic E-state index is 8.75. The molecule has 19 heavy (non-hydrogen) atoms. The van der Waals surface area contributed by atoms with Crippen LogP contribution in [0.5, 0.6) is 0 Å². The highest BCUT2D eigenvalue weighted by Crippen LogP contribution is 2.22. The molecule has 3 nitrogen and oxygen atoms in total. The molecule has 1 fully saturated rings. The van der Waals surface area contributed by atoms with Gasteiger partial charge in [-0.2, -0.15) is 0 Å². The SMILES string of the molecule is CCCNC1CCC(N(C)CCCCCCO)CC1. The fraction of sp³-hybridized carbons (Fsp3) is 1.00. The standard InChI is InChI=1S/C16H34N2O/c1-3-12-17-15-8-10-16(11-9-15)18(2)13-6-4-5-7-14-19/h15-17,19H,3-14H2,1-2H3. The summed E-state index contributed by atoms with van der Waals surface area (Å²) in [5.74, 6) is 0. The predicted molar refractivity (Wildman–Crippen MR) is 82.5 cm³/mol. The molecule has 0 spiro atoms. The first kappa shape index (κ1) is 16.9. The van der Waals surface area contributed by atoms with Gasteiger partial charge < -0.3 is 15.3 Å². The van der Waals surface area contributed by atoms with Gasteiger partial charge in [-0.25, -0.2) is 0 Å². The molecule has 1 aliphatic rings. The van der Waals surface area contributed by atoms with Gasteiger partial charge in [0.1, 0.15) is 0 Å². The van der Waals surface area contributed by atoms with Crippen molar-refractivity contribution in [2.75, 3.05) is 26.7 Å². The number of aliphatic hydroxyl groups excluding tert-OH is 1. The molecule has 0 aromatic heterocycles. The van der Waals surface area contributed by atoms with Crippen molar-refractivity contribution in [3.63, 3.8) is 0 Å². The summed E-state index contributed by atoms with van der Waals surface area (Å²) in [5.41, 5.74) is 0. The van der Waals surface area contributed by atoms with Gasteiger partial charge in [-0.3, -0.25) is 0 Å². The fourth-order valence-electron chi connectivity index (χ4n) is 3.08. The van der Waals surface area contributed by atoms with Gasteiger partial charge in [-0.1, -0.05) is 19.8 Å². The second kappa shape index (κ2) is 10.6. The van der Waals surface area contributed by atoms with E-state index >= 15 is 0 Å². The lowest BCUT2D eigenvalue weighted by atomic mass is 9.90. The summed E-state index contributed by atoms with van der Waals surface area (Å²) in [6.45, 7) is 4.99. The van der Waals surface area contributed by atoms with Crippen molar-refractivity contribution in [1.29, 1.82) is 0 Å². The summed E-state index contributed by atoms with van der Waals surface area (Å²) in [6, 6.07) is 1.58. The second-order valence-electron chi connectivity index (χ2n) is 6.08. The second-order valence-corrected chi connectivity index (χ2v) is 6.08. The summed E-state index contributed by atoms with van der Waals surface area (Å²) >= 11 is 0. The van der Waals surface area contributed by atoms with Crippen molar-refractivity contribution in [3.8, 4) is 0 Å². The molecule has 1 saturated carbocycles. The summed E-state index contributed by atoms with van der Waals surface area (Å²) in [4.78, 5) is 2.56. The molecule has 3 heteroatoms. The Labute approximate surface area is 119 Å². The first-order chi connectivity index (χ1) is 9.27. The fourth-order valence-corrected chi connectivity index (χ4v) is 3.08. The van der Waals surface area contributed by atoms with E-state index in [2.05, 4.69) is 24.2 Å². The first-order valence-corrected chi connectivity index (χ1v) is 8.32. The Morgan fingerprint density at radius 1 is 1.05 bits per heavy atom. The first-order valence-electron chi connectivity index (χ1n) is 8.32. The third-order valence-electron chi connectivity index (χ3n) is 4.42. The third-order valence-corrected chi connectivity index (χ3v) is 4.42. The highest BCUT2D eigenvalue weighted by atomic mass is 16.2. The predicted octanol–water partition coefficient (Wildman–Crippen LogP) is 2.78. The van der Waals surface area contributed by atoms with Crippen molar-refractivity contribution >= 4 is 0 Å². The molecular weight excluding hydrogens is 236 g/mol. The van der Waals surface area contributed by atoms with Crippen molar-refractivity contribution < 1.29 is 5.11 Å². The molecule has 1 aliphatic carbocycles. The van der Waals surface area contributed by atoms with Crippen LogP contribution < -0.4 is 5.32 Å². The molecule has 0 aromatic rings. The van der Waals surface area contributed by atoms with Gasteiger partial charge in [0.25, 0.3) is 0 Å². The average Bonchev–Trinajstić information content (AvgIpc) is 2.45. The van der Waals surface area contributed by atoms with Crippen LogP contribution in [0.1, 0.15) is 64.7 Å². The molecule has 114 valence electrons. The van der Waals surface area contributed by atoms with E-state index in [4.69, 9.17) is 5.11 Å². The molecule has 0 aromatic carbocycles. The van der Waals surface area contributed by atoms with Gasteiger partial charge >= 0.3 is 0 Å². The minimum absolute atomic E-state index is 0.352. The Balaban J connectivity index is 2.06. The third kappa shape index (κ3) is 7.28. The molecule has 0 atom stereocenters. The summed E-state index contributed by atoms with van der Waals surface area (Å²) in [6.07, 6.45) is 11.3. The molecule has 0 unspecified atom stereocenters. The van der Waals surface area contributed by atoms with Crippen LogP contribution in [0.2, 0.25) is 0 Å². The molecule has 1 rings (SSSR count). The van der Waals surface area contributed by atoms with E-state index in [1.807, 2.05) is 0 Å². The molecule has 0 aliphatic heterocycles. The Hall–Kier alpha value is -0.120. The van der Waals surface area contributed by atoms with Crippen LogP contribution in [0.4, 0.5) is 0 Å². The highest BCUT2D eigenvalue weighted by molar-refractivity contribution is 4.81. The summed E-state index contributed by atoms with van der Waals surface area (Å²) in [5, 5.41) is 12.4. The van der Waals surface area contributed by atoms with Crippen LogP contribution in [0, 0.1) is 0 Å². The zero-order chi connectivity index (χ0) is 13.9. The van der Waals surface area contributed by atoms with Crippen molar-refractivity contribution in [3.05, 3.63) is 0 Å². The minimum Gasteiger partial charge on any atom is -0.396 e. The lowest BCUT2D eigenvalue weighted by molar-refractivity contribution is 0.171. The Kier molecular flexibility index (Phi) is 9.48. The number of unbranched alkanes of at least 4 members (excludes halogenated alkanes) is 3. The molecular formula is C16H34N2O. The Morgan fingerprint density at radius 3 is 2.37 bits per heavy atom. The smallest absolute Gasteiger partial charge is 0.0431 e. The van der Waals surface area contributed by atoms with E-state index in [1.54, 1.807) is 0 Å². The van der Waals surface area contributed by atoms with Crippen molar-refractivity contribution in [1.82, 2.24) is 10.2 Å². The lowest BCUT2D eigenvalue weighted by Gasteiger charge is -2.35. The zero-order valence-corrected chi connectivity index (χ0v) is 13.0. The number of nitrogens with one attached hydrogen (secondary N) is 1. The molecule has 0 bridgehead atoms. The number of nitrogens with zero attached hydrogens (tertiary/aromatic N) is 1. The van der Waals surface area contributed by atoms with Gasteiger partial charge in [0.2, 0.25) is 0 Å². The largest absolute Gasteiger partial charge is 0.396 e. The Bertz CT molecular complexity index is 203. The molecule has 0 saturated heterocycles.